The Balaban J connectivity index is 0. The number of carboxylic acids is 4. The van der Waals surface area contributed by atoms with Crippen molar-refractivity contribution in [3.63, 3.8) is 0 Å². The Hall–Kier alpha value is -2.68. The fourth-order valence-corrected chi connectivity index (χ4v) is 2.78. The monoisotopic (exact) mass is 429 g/mol. The van der Waals surface area contributed by atoms with E-state index in [0.717, 1.165) is 38.2 Å². The van der Waals surface area contributed by atoms with Crippen molar-refractivity contribution < 1.29 is 39.6 Å². The van der Waals surface area contributed by atoms with Gasteiger partial charge in [0, 0.05) is 23.8 Å². The summed E-state index contributed by atoms with van der Waals surface area (Å²) in [5.74, 6) is -4.64. The number of carboxylic acid groups (broad SMARTS) is 4. The summed E-state index contributed by atoms with van der Waals surface area (Å²) in [5, 5.41) is 33.5. The van der Waals surface area contributed by atoms with Crippen LogP contribution in [0.3, 0.4) is 0 Å². The van der Waals surface area contributed by atoms with Crippen LogP contribution < -0.4 is 5.73 Å². The second-order valence-electron chi connectivity index (χ2n) is 6.88. The molecule has 0 radical (unpaired) electrons. The van der Waals surface area contributed by atoms with Gasteiger partial charge in [-0.3, -0.25) is 0 Å². The third-order valence-electron chi connectivity index (χ3n) is 4.23. The van der Waals surface area contributed by atoms with Gasteiger partial charge in [0.15, 0.2) is 0 Å². The number of rotatable bonds is 16. The van der Waals surface area contributed by atoms with E-state index in [0.29, 0.717) is 25.1 Å². The maximum atomic E-state index is 11.1. The highest BCUT2D eigenvalue weighted by atomic mass is 16.4. The van der Waals surface area contributed by atoms with Gasteiger partial charge < -0.3 is 26.2 Å². The summed E-state index contributed by atoms with van der Waals surface area (Å²) in [6.07, 6.45) is 12.1. The molecule has 0 saturated carbocycles. The summed E-state index contributed by atoms with van der Waals surface area (Å²) in [6.45, 7) is 2.77. The molecule has 0 rings (SSSR count). The Morgan fingerprint density at radius 3 is 1.70 bits per heavy atom. The highest BCUT2D eigenvalue weighted by molar-refractivity contribution is 5.94. The summed E-state index contributed by atoms with van der Waals surface area (Å²) in [6, 6.07) is 0. The van der Waals surface area contributed by atoms with Crippen LogP contribution >= 0.6 is 0 Å². The second-order valence-corrected chi connectivity index (χ2v) is 6.88. The third-order valence-corrected chi connectivity index (χ3v) is 4.23. The van der Waals surface area contributed by atoms with Crippen molar-refractivity contribution in [1.82, 2.24) is 0 Å². The summed E-state index contributed by atoms with van der Waals surface area (Å²) in [7, 11) is 0. The largest absolute Gasteiger partial charge is 0.478 e. The number of nitrogens with two attached hydrogens (primary N) is 1. The molecule has 9 nitrogen and oxygen atoms in total. The number of unbranched alkanes of at least 4 members (excludes halogenated alkanes) is 5. The number of aliphatic carboxylic acids is 4. The van der Waals surface area contributed by atoms with E-state index >= 15 is 0 Å². The molecule has 0 aromatic carbocycles. The van der Waals surface area contributed by atoms with Gasteiger partial charge >= 0.3 is 23.9 Å². The highest BCUT2D eigenvalue weighted by Gasteiger charge is 2.16. The first-order chi connectivity index (χ1) is 14.1. The van der Waals surface area contributed by atoms with Crippen LogP contribution in [-0.2, 0) is 19.2 Å². The quantitative estimate of drug-likeness (QED) is 0.182. The SMILES string of the molecule is CCCCCCCCC(CCCN)CC(=CC(=O)O)C(=O)O.O=C(O)C=CC(=O)O. The molecule has 1 unspecified atom stereocenters. The lowest BCUT2D eigenvalue weighted by Crippen LogP contribution is -2.12. The van der Waals surface area contributed by atoms with Gasteiger partial charge in [-0.05, 0) is 31.7 Å². The molecular weight excluding hydrogens is 394 g/mol. The molecule has 0 aromatic heterocycles. The lowest BCUT2D eigenvalue weighted by atomic mass is 9.89. The van der Waals surface area contributed by atoms with Gasteiger partial charge in [-0.25, -0.2) is 19.2 Å². The lowest BCUT2D eigenvalue weighted by Gasteiger charge is -2.17. The second kappa shape index (κ2) is 19.6. The summed E-state index contributed by atoms with van der Waals surface area (Å²) >= 11 is 0. The van der Waals surface area contributed by atoms with Crippen LogP contribution in [0.15, 0.2) is 23.8 Å². The summed E-state index contributed by atoms with van der Waals surface area (Å²) < 4.78 is 0. The average molecular weight is 430 g/mol. The van der Waals surface area contributed by atoms with Crippen LogP contribution in [0.2, 0.25) is 0 Å². The van der Waals surface area contributed by atoms with E-state index in [1.54, 1.807) is 0 Å². The van der Waals surface area contributed by atoms with Crippen molar-refractivity contribution in [3.05, 3.63) is 23.8 Å². The van der Waals surface area contributed by atoms with Gasteiger partial charge in [0.2, 0.25) is 0 Å². The van der Waals surface area contributed by atoms with Crippen LogP contribution in [0.1, 0.15) is 71.1 Å². The third kappa shape index (κ3) is 21.6. The molecule has 0 spiro atoms. The summed E-state index contributed by atoms with van der Waals surface area (Å²) in [5.41, 5.74) is 5.52. The molecule has 0 aliphatic heterocycles. The molecule has 1 atom stereocenters. The van der Waals surface area contributed by atoms with Crippen molar-refractivity contribution >= 4 is 23.9 Å². The molecule has 0 saturated heterocycles. The first-order valence-electron chi connectivity index (χ1n) is 10.1. The number of carbonyl (C=O) groups is 4. The van der Waals surface area contributed by atoms with Crippen LogP contribution in [0.4, 0.5) is 0 Å². The Bertz CT molecular complexity index is 568. The topological polar surface area (TPSA) is 175 Å². The first kappa shape index (κ1) is 29.5. The van der Waals surface area contributed by atoms with Crippen molar-refractivity contribution in [1.29, 1.82) is 0 Å². The van der Waals surface area contributed by atoms with E-state index in [4.69, 9.17) is 26.2 Å². The Morgan fingerprint density at radius 1 is 0.767 bits per heavy atom. The predicted molar refractivity (Wildman–Crippen MR) is 112 cm³/mol. The van der Waals surface area contributed by atoms with E-state index in [1.165, 1.54) is 25.7 Å². The molecule has 0 amide bonds. The van der Waals surface area contributed by atoms with Crippen LogP contribution in [0.5, 0.6) is 0 Å². The molecule has 172 valence electrons. The molecule has 0 heterocycles. The minimum Gasteiger partial charge on any atom is -0.478 e. The van der Waals surface area contributed by atoms with Crippen LogP contribution in [0, 0.1) is 5.92 Å². The maximum Gasteiger partial charge on any atom is 0.331 e. The summed E-state index contributed by atoms with van der Waals surface area (Å²) in [4.78, 5) is 41.0. The van der Waals surface area contributed by atoms with Gasteiger partial charge in [-0.1, -0.05) is 51.9 Å². The zero-order valence-corrected chi connectivity index (χ0v) is 17.6. The van der Waals surface area contributed by atoms with Crippen molar-refractivity contribution in [3.8, 4) is 0 Å². The van der Waals surface area contributed by atoms with Gasteiger partial charge in [-0.2, -0.15) is 0 Å². The van der Waals surface area contributed by atoms with Crippen molar-refractivity contribution in [2.75, 3.05) is 6.54 Å². The predicted octanol–water partition coefficient (Wildman–Crippen LogP) is 3.29. The average Bonchev–Trinajstić information content (AvgIpc) is 2.66. The van der Waals surface area contributed by atoms with Gasteiger partial charge in [-0.15, -0.1) is 0 Å². The standard InChI is InChI=1S/C17H31NO4.C4H4O4/c1-2-3-4-5-6-7-9-14(10-8-11-18)12-15(17(21)22)13-16(19)20;5-3(6)1-2-4(7)8/h13-14H,2-12,18H2,1H3,(H,19,20)(H,21,22);1-2H,(H,5,6)(H,7,8). The lowest BCUT2D eigenvalue weighted by molar-refractivity contribution is -0.135. The van der Waals surface area contributed by atoms with Gasteiger partial charge in [0.05, 0.1) is 0 Å². The normalized spacial score (nSPS) is 12.1. The molecule has 0 aromatic rings. The Morgan fingerprint density at radius 2 is 1.27 bits per heavy atom. The fraction of sp³-hybridized carbons (Fsp3) is 0.619. The zero-order chi connectivity index (χ0) is 23.4. The Labute approximate surface area is 177 Å². The molecular formula is C21H35NO8. The van der Waals surface area contributed by atoms with E-state index in [-0.39, 0.29) is 11.5 Å². The molecule has 6 N–H and O–H groups in total. The highest BCUT2D eigenvalue weighted by Crippen LogP contribution is 2.24. The van der Waals surface area contributed by atoms with Crippen LogP contribution in [-0.4, -0.2) is 50.8 Å². The molecule has 0 aliphatic carbocycles. The maximum absolute atomic E-state index is 11.1. The van der Waals surface area contributed by atoms with E-state index in [9.17, 15) is 19.2 Å². The van der Waals surface area contributed by atoms with Crippen molar-refractivity contribution in [2.45, 2.75) is 71.1 Å². The number of hydrogen-bond donors (Lipinski definition) is 5. The van der Waals surface area contributed by atoms with E-state index in [1.807, 2.05) is 0 Å². The van der Waals surface area contributed by atoms with Gasteiger partial charge in [0.1, 0.15) is 0 Å². The first-order valence-corrected chi connectivity index (χ1v) is 10.1. The molecule has 0 fully saturated rings. The van der Waals surface area contributed by atoms with Gasteiger partial charge in [0.25, 0.3) is 0 Å². The number of hydrogen-bond acceptors (Lipinski definition) is 5. The smallest absolute Gasteiger partial charge is 0.331 e. The van der Waals surface area contributed by atoms with E-state index < -0.39 is 23.9 Å². The minimum absolute atomic E-state index is 0.0134. The minimum atomic E-state index is -1.26. The molecule has 9 heteroatoms. The molecule has 30 heavy (non-hydrogen) atoms. The zero-order valence-electron chi connectivity index (χ0n) is 17.6. The van der Waals surface area contributed by atoms with Crippen LogP contribution in [0.25, 0.3) is 0 Å². The molecule has 0 aliphatic rings. The molecule has 0 bridgehead atoms. The Kier molecular flexibility index (Phi) is 19.3. The van der Waals surface area contributed by atoms with Crippen molar-refractivity contribution in [2.24, 2.45) is 11.7 Å². The fourth-order valence-electron chi connectivity index (χ4n) is 2.78. The van der Waals surface area contributed by atoms with E-state index in [2.05, 4.69) is 6.92 Å².